The van der Waals surface area contributed by atoms with Crippen molar-refractivity contribution in [2.24, 2.45) is 0 Å². The number of rotatable bonds is 2. The summed E-state index contributed by atoms with van der Waals surface area (Å²) in [7, 11) is 0. The van der Waals surface area contributed by atoms with E-state index in [1.165, 1.54) is 0 Å². The van der Waals surface area contributed by atoms with Gasteiger partial charge in [0.2, 0.25) is 0 Å². The van der Waals surface area contributed by atoms with Crippen LogP contribution in [-0.2, 0) is 13.0 Å². The highest BCUT2D eigenvalue weighted by Gasteiger charge is 2.15. The van der Waals surface area contributed by atoms with Crippen LogP contribution in [-0.4, -0.2) is 15.5 Å². The fourth-order valence-electron chi connectivity index (χ4n) is 3.32. The molecule has 6 heteroatoms. The summed E-state index contributed by atoms with van der Waals surface area (Å²) < 4.78 is 1.78. The second-order valence-corrected chi connectivity index (χ2v) is 6.87. The maximum absolute atomic E-state index is 12.7. The molecule has 0 fully saturated rings. The second-order valence-electron chi connectivity index (χ2n) is 6.46. The minimum absolute atomic E-state index is 0.0232. The van der Waals surface area contributed by atoms with E-state index in [0.29, 0.717) is 33.7 Å². The van der Waals surface area contributed by atoms with Crippen molar-refractivity contribution in [1.82, 2.24) is 9.55 Å². The molecular formula is C20H18ClN3O2. The average Bonchev–Trinajstić information content (AvgIpc) is 2.89. The number of aromatic nitrogens is 2. The summed E-state index contributed by atoms with van der Waals surface area (Å²) in [6.07, 6.45) is 3.93. The molecule has 0 radical (unpaired) electrons. The molecule has 132 valence electrons. The summed E-state index contributed by atoms with van der Waals surface area (Å²) in [6.45, 7) is 0.714. The number of benzene rings is 2. The fraction of sp³-hybridized carbons (Fsp3) is 0.250. The molecule has 3 aromatic rings. The molecule has 2 aromatic carbocycles. The zero-order valence-electron chi connectivity index (χ0n) is 14.2. The first kappa shape index (κ1) is 16.8. The highest BCUT2D eigenvalue weighted by molar-refractivity contribution is 6.33. The molecule has 2 heterocycles. The van der Waals surface area contributed by atoms with Crippen molar-refractivity contribution in [3.63, 3.8) is 0 Å². The summed E-state index contributed by atoms with van der Waals surface area (Å²) in [5, 5.41) is 3.82. The number of nitrogens with one attached hydrogen (secondary N) is 1. The van der Waals surface area contributed by atoms with Gasteiger partial charge in [0.15, 0.2) is 0 Å². The standard InChI is InChI=1S/C20H18ClN3O2/c21-15-6-3-4-7-16(15)23-19(25)13-9-10-14-17(12-13)22-18-8-2-1-5-11-24(18)20(14)26/h3-4,6-7,9-10,12H,1-2,5,8,11H2,(H,23,25). The van der Waals surface area contributed by atoms with E-state index in [9.17, 15) is 9.59 Å². The lowest BCUT2D eigenvalue weighted by Crippen LogP contribution is -2.24. The first-order chi connectivity index (χ1) is 12.6. The number of para-hydroxylation sites is 1. The third-order valence-corrected chi connectivity index (χ3v) is 5.03. The molecular weight excluding hydrogens is 350 g/mol. The lowest BCUT2D eigenvalue weighted by atomic mass is 10.1. The molecule has 0 aliphatic carbocycles. The Hall–Kier alpha value is -2.66. The van der Waals surface area contributed by atoms with E-state index < -0.39 is 0 Å². The Bertz CT molecular complexity index is 1060. The van der Waals surface area contributed by atoms with Crippen LogP contribution in [0.2, 0.25) is 5.02 Å². The first-order valence-corrected chi connectivity index (χ1v) is 9.10. The summed E-state index contributed by atoms with van der Waals surface area (Å²) in [4.78, 5) is 30.0. The highest BCUT2D eigenvalue weighted by atomic mass is 35.5. The fourth-order valence-corrected chi connectivity index (χ4v) is 3.50. The van der Waals surface area contributed by atoms with Gasteiger partial charge in [0, 0.05) is 18.5 Å². The van der Waals surface area contributed by atoms with Gasteiger partial charge in [0.25, 0.3) is 11.5 Å². The van der Waals surface area contributed by atoms with Crippen molar-refractivity contribution < 1.29 is 4.79 Å². The number of hydrogen-bond donors (Lipinski definition) is 1. The number of carbonyl (C=O) groups excluding carboxylic acids is 1. The summed E-state index contributed by atoms with van der Waals surface area (Å²) in [6, 6.07) is 12.1. The first-order valence-electron chi connectivity index (χ1n) is 8.73. The Morgan fingerprint density at radius 1 is 1.12 bits per heavy atom. The van der Waals surface area contributed by atoms with Gasteiger partial charge in [-0.15, -0.1) is 0 Å². The van der Waals surface area contributed by atoms with Gasteiger partial charge in [0.1, 0.15) is 5.82 Å². The van der Waals surface area contributed by atoms with Crippen molar-refractivity contribution in [3.8, 4) is 0 Å². The minimum atomic E-state index is -0.281. The average molecular weight is 368 g/mol. The number of carbonyl (C=O) groups is 1. The van der Waals surface area contributed by atoms with E-state index in [0.717, 1.165) is 31.5 Å². The summed E-state index contributed by atoms with van der Waals surface area (Å²) >= 11 is 6.10. The molecule has 0 spiro atoms. The number of nitrogens with zero attached hydrogens (tertiary/aromatic N) is 2. The van der Waals surface area contributed by atoms with Crippen molar-refractivity contribution in [2.75, 3.05) is 5.32 Å². The van der Waals surface area contributed by atoms with Crippen LogP contribution in [0.4, 0.5) is 5.69 Å². The van der Waals surface area contributed by atoms with Gasteiger partial charge in [0.05, 0.1) is 21.6 Å². The van der Waals surface area contributed by atoms with Gasteiger partial charge in [-0.1, -0.05) is 30.2 Å². The van der Waals surface area contributed by atoms with Crippen molar-refractivity contribution in [2.45, 2.75) is 32.2 Å². The lowest BCUT2D eigenvalue weighted by Gasteiger charge is -2.11. The number of anilines is 1. The van der Waals surface area contributed by atoms with Crippen molar-refractivity contribution >= 4 is 34.1 Å². The molecule has 0 bridgehead atoms. The van der Waals surface area contributed by atoms with E-state index in [1.54, 1.807) is 47.0 Å². The lowest BCUT2D eigenvalue weighted by molar-refractivity contribution is 0.102. The van der Waals surface area contributed by atoms with Gasteiger partial charge in [-0.2, -0.15) is 0 Å². The molecule has 0 atom stereocenters. The Morgan fingerprint density at radius 3 is 2.81 bits per heavy atom. The number of aryl methyl sites for hydroxylation is 1. The van der Waals surface area contributed by atoms with Crippen LogP contribution in [0.25, 0.3) is 10.9 Å². The van der Waals surface area contributed by atoms with Crippen LogP contribution in [0, 0.1) is 0 Å². The minimum Gasteiger partial charge on any atom is -0.321 e. The molecule has 5 nitrogen and oxygen atoms in total. The van der Waals surface area contributed by atoms with Crippen LogP contribution in [0.15, 0.2) is 47.3 Å². The summed E-state index contributed by atoms with van der Waals surface area (Å²) in [5.41, 5.74) is 1.54. The molecule has 26 heavy (non-hydrogen) atoms. The smallest absolute Gasteiger partial charge is 0.261 e. The third kappa shape index (κ3) is 3.10. The zero-order valence-corrected chi connectivity index (χ0v) is 14.9. The van der Waals surface area contributed by atoms with Gasteiger partial charge >= 0.3 is 0 Å². The van der Waals surface area contributed by atoms with Crippen molar-refractivity contribution in [1.29, 1.82) is 0 Å². The van der Waals surface area contributed by atoms with E-state index in [1.807, 2.05) is 0 Å². The van der Waals surface area contributed by atoms with Gasteiger partial charge in [-0.3, -0.25) is 14.2 Å². The van der Waals surface area contributed by atoms with Crippen molar-refractivity contribution in [3.05, 3.63) is 69.2 Å². The largest absolute Gasteiger partial charge is 0.321 e. The molecule has 0 saturated heterocycles. The molecule has 1 amide bonds. The molecule has 1 aliphatic heterocycles. The van der Waals surface area contributed by atoms with E-state index in [4.69, 9.17) is 11.6 Å². The Kier molecular flexibility index (Phi) is 4.47. The summed E-state index contributed by atoms with van der Waals surface area (Å²) in [5.74, 6) is 0.528. The van der Waals surface area contributed by atoms with Gasteiger partial charge in [-0.25, -0.2) is 4.98 Å². The maximum Gasteiger partial charge on any atom is 0.261 e. The molecule has 0 saturated carbocycles. The number of hydrogen-bond acceptors (Lipinski definition) is 3. The predicted molar refractivity (Wildman–Crippen MR) is 103 cm³/mol. The van der Waals surface area contributed by atoms with Crippen LogP contribution < -0.4 is 10.9 Å². The normalized spacial score (nSPS) is 13.9. The molecule has 1 aromatic heterocycles. The third-order valence-electron chi connectivity index (χ3n) is 4.70. The Morgan fingerprint density at radius 2 is 1.96 bits per heavy atom. The van der Waals surface area contributed by atoms with Crippen LogP contribution in [0.3, 0.4) is 0 Å². The van der Waals surface area contributed by atoms with Crippen LogP contribution in [0.1, 0.15) is 35.4 Å². The zero-order chi connectivity index (χ0) is 18.1. The van der Waals surface area contributed by atoms with E-state index >= 15 is 0 Å². The molecule has 0 unspecified atom stereocenters. The molecule has 1 N–H and O–H groups in total. The topological polar surface area (TPSA) is 64.0 Å². The van der Waals surface area contributed by atoms with E-state index in [-0.39, 0.29) is 11.5 Å². The second kappa shape index (κ2) is 6.92. The molecule has 1 aliphatic rings. The molecule has 4 rings (SSSR count). The number of halogens is 1. The SMILES string of the molecule is O=C(Nc1ccccc1Cl)c1ccc2c(=O)n3c(nc2c1)CCCCC3. The Balaban J connectivity index is 1.72. The maximum atomic E-state index is 12.7. The Labute approximate surface area is 155 Å². The quantitative estimate of drug-likeness (QED) is 0.743. The number of amides is 1. The van der Waals surface area contributed by atoms with Gasteiger partial charge in [-0.05, 0) is 43.2 Å². The number of fused-ring (bicyclic) bond motifs is 2. The highest BCUT2D eigenvalue weighted by Crippen LogP contribution is 2.22. The van der Waals surface area contributed by atoms with Gasteiger partial charge < -0.3 is 5.32 Å². The van der Waals surface area contributed by atoms with Crippen LogP contribution in [0.5, 0.6) is 0 Å². The van der Waals surface area contributed by atoms with E-state index in [2.05, 4.69) is 10.3 Å². The monoisotopic (exact) mass is 367 g/mol. The van der Waals surface area contributed by atoms with Crippen LogP contribution >= 0.6 is 11.6 Å². The predicted octanol–water partition coefficient (Wildman–Crippen LogP) is 4.03.